The van der Waals surface area contributed by atoms with Crippen molar-refractivity contribution in [3.05, 3.63) is 64.1 Å². The molecular weight excluding hydrogens is 328 g/mol. The third-order valence-corrected chi connectivity index (χ3v) is 5.07. The quantitative estimate of drug-likeness (QED) is 0.661. The van der Waals surface area contributed by atoms with Crippen LogP contribution in [0.1, 0.15) is 23.1 Å². The van der Waals surface area contributed by atoms with Crippen molar-refractivity contribution in [2.24, 2.45) is 0 Å². The number of anilines is 1. The van der Waals surface area contributed by atoms with E-state index in [9.17, 15) is 4.91 Å². The molecule has 1 aliphatic carbocycles. The first-order valence-electron chi connectivity index (χ1n) is 8.98. The number of rotatable bonds is 5. The Bertz CT molecular complexity index is 998. The Morgan fingerprint density at radius 1 is 1.19 bits per heavy atom. The van der Waals surface area contributed by atoms with E-state index < -0.39 is 0 Å². The molecule has 0 saturated heterocycles. The van der Waals surface area contributed by atoms with Gasteiger partial charge in [0.2, 0.25) is 0 Å². The smallest absolute Gasteiger partial charge is 0.389 e. The molecule has 0 unspecified atom stereocenters. The van der Waals surface area contributed by atoms with Crippen molar-refractivity contribution in [3.8, 4) is 0 Å². The minimum atomic E-state index is 0.341. The molecular formula is C20H23N4O2+. The largest absolute Gasteiger partial charge is 0.459 e. The summed E-state index contributed by atoms with van der Waals surface area (Å²) in [5.74, 6) is 0.341. The van der Waals surface area contributed by atoms with Crippen molar-refractivity contribution in [3.63, 3.8) is 0 Å². The number of aromatic nitrogens is 3. The van der Waals surface area contributed by atoms with Crippen LogP contribution < -0.4 is 14.2 Å². The minimum absolute atomic E-state index is 0.341. The van der Waals surface area contributed by atoms with E-state index in [1.54, 1.807) is 7.11 Å². The maximum Gasteiger partial charge on any atom is 0.459 e. The first kappa shape index (κ1) is 16.6. The number of nitrogens with zero attached hydrogens (tertiary/aromatic N) is 4. The Labute approximate surface area is 152 Å². The highest BCUT2D eigenvalue weighted by molar-refractivity contribution is 5.74. The van der Waals surface area contributed by atoms with E-state index in [-0.39, 0.29) is 0 Å². The van der Waals surface area contributed by atoms with Crippen LogP contribution in [-0.2, 0) is 19.3 Å². The van der Waals surface area contributed by atoms with Gasteiger partial charge in [0.05, 0.1) is 18.7 Å². The molecule has 1 aliphatic rings. The van der Waals surface area contributed by atoms with Crippen LogP contribution in [0, 0.1) is 4.91 Å². The standard InChI is InChI=1S/C20H23N4O2/c1-22(12-11-15-7-4-3-5-8-15)20-21-24(26-2)19-14-17-10-6-9-16(17)13-18(19)23(20)25/h3-5,7-8,13-14H,6,9-12H2,1-2H3/q+1. The second-order valence-electron chi connectivity index (χ2n) is 6.77. The van der Waals surface area contributed by atoms with Gasteiger partial charge in [0, 0.05) is 10.8 Å². The number of fused-ring (bicyclic) bond motifs is 2. The van der Waals surface area contributed by atoms with Gasteiger partial charge in [-0.25, -0.2) is 0 Å². The average molecular weight is 351 g/mol. The Balaban J connectivity index is 1.71. The van der Waals surface area contributed by atoms with Crippen LogP contribution in [0.25, 0.3) is 11.0 Å². The molecule has 0 amide bonds. The van der Waals surface area contributed by atoms with Crippen molar-refractivity contribution < 1.29 is 9.26 Å². The van der Waals surface area contributed by atoms with E-state index in [0.29, 0.717) is 23.5 Å². The van der Waals surface area contributed by atoms with Crippen LogP contribution >= 0.6 is 0 Å². The molecule has 4 rings (SSSR count). The molecule has 6 heteroatoms. The van der Waals surface area contributed by atoms with Crippen molar-refractivity contribution >= 4 is 17.0 Å². The number of aryl methyl sites for hydroxylation is 2. The van der Waals surface area contributed by atoms with Gasteiger partial charge in [0.15, 0.2) is 11.0 Å². The molecule has 0 N–H and O–H groups in total. The molecule has 0 spiro atoms. The molecule has 0 atom stereocenters. The zero-order valence-electron chi connectivity index (χ0n) is 15.2. The summed E-state index contributed by atoms with van der Waals surface area (Å²) in [7, 11) is 3.46. The van der Waals surface area contributed by atoms with E-state index in [1.807, 2.05) is 42.3 Å². The monoisotopic (exact) mass is 351 g/mol. The molecule has 6 nitrogen and oxygen atoms in total. The third kappa shape index (κ3) is 2.92. The lowest BCUT2D eigenvalue weighted by Crippen LogP contribution is -2.36. The molecule has 134 valence electrons. The van der Waals surface area contributed by atoms with Gasteiger partial charge in [-0.05, 0) is 52.9 Å². The van der Waals surface area contributed by atoms with Crippen LogP contribution in [-0.4, -0.2) is 30.6 Å². The van der Waals surface area contributed by atoms with Gasteiger partial charge in [0.1, 0.15) is 7.11 Å². The summed E-state index contributed by atoms with van der Waals surface area (Å²) in [6, 6.07) is 14.3. The van der Waals surface area contributed by atoms with E-state index in [2.05, 4.69) is 17.2 Å². The van der Waals surface area contributed by atoms with E-state index in [1.165, 1.54) is 21.5 Å². The van der Waals surface area contributed by atoms with E-state index in [0.717, 1.165) is 30.1 Å². The van der Waals surface area contributed by atoms with Crippen LogP contribution in [0.5, 0.6) is 0 Å². The number of likely N-dealkylation sites (N-methyl/N-ethyl adjacent to an activating group) is 1. The summed E-state index contributed by atoms with van der Waals surface area (Å²) >= 11 is 0. The fourth-order valence-electron chi connectivity index (χ4n) is 3.61. The molecule has 26 heavy (non-hydrogen) atoms. The maximum absolute atomic E-state index is 13.0. The molecule has 1 aromatic heterocycles. The average Bonchev–Trinajstić information content (AvgIpc) is 3.13. The molecule has 1 heterocycles. The second kappa shape index (κ2) is 6.78. The van der Waals surface area contributed by atoms with Gasteiger partial charge < -0.3 is 4.84 Å². The normalized spacial score (nSPS) is 13.0. The number of hydrogen-bond donors (Lipinski definition) is 0. The molecule has 2 aromatic carbocycles. The molecule has 0 radical (unpaired) electrons. The summed E-state index contributed by atoms with van der Waals surface area (Å²) in [4.78, 5) is 21.7. The van der Waals surface area contributed by atoms with Gasteiger partial charge in [-0.3, -0.25) is 4.90 Å². The van der Waals surface area contributed by atoms with Crippen molar-refractivity contribution in [2.45, 2.75) is 25.7 Å². The summed E-state index contributed by atoms with van der Waals surface area (Å²) in [6.07, 6.45) is 4.05. The topological polar surface area (TPSA) is 53.3 Å². The zero-order valence-corrected chi connectivity index (χ0v) is 15.2. The fourth-order valence-corrected chi connectivity index (χ4v) is 3.61. The predicted octanol–water partition coefficient (Wildman–Crippen LogP) is 2.18. The highest BCUT2D eigenvalue weighted by atomic mass is 16.7. The van der Waals surface area contributed by atoms with Crippen molar-refractivity contribution in [1.82, 2.24) is 9.94 Å². The number of hydrogen-bond acceptors (Lipinski definition) is 4. The number of benzene rings is 2. The summed E-state index contributed by atoms with van der Waals surface area (Å²) in [6.45, 7) is 0.694. The lowest BCUT2D eigenvalue weighted by molar-refractivity contribution is -0.455. The highest BCUT2D eigenvalue weighted by Gasteiger charge is 2.25. The van der Waals surface area contributed by atoms with E-state index >= 15 is 0 Å². The van der Waals surface area contributed by atoms with Gasteiger partial charge in [-0.2, -0.15) is 0 Å². The van der Waals surface area contributed by atoms with Gasteiger partial charge >= 0.3 is 5.95 Å². The summed E-state index contributed by atoms with van der Waals surface area (Å²) in [5, 5.41) is 4.43. The lowest BCUT2D eigenvalue weighted by Gasteiger charge is -2.12. The molecule has 3 aromatic rings. The van der Waals surface area contributed by atoms with Crippen LogP contribution in [0.15, 0.2) is 42.5 Å². The predicted molar refractivity (Wildman–Crippen MR) is 101 cm³/mol. The molecule has 0 saturated carbocycles. The van der Waals surface area contributed by atoms with Gasteiger partial charge in [-0.15, -0.1) is 0 Å². The Hall–Kier alpha value is -2.89. The first-order chi connectivity index (χ1) is 12.7. The van der Waals surface area contributed by atoms with Crippen LogP contribution in [0.4, 0.5) is 5.95 Å². The summed E-state index contributed by atoms with van der Waals surface area (Å²) < 4.78 is 0.925. The SMILES string of the molecule is COn1nc(N(C)CCc2ccccc2)[n+](=O)c2cc3c(cc21)CCC3. The maximum atomic E-state index is 13.0. The Morgan fingerprint density at radius 2 is 1.92 bits per heavy atom. The third-order valence-electron chi connectivity index (χ3n) is 5.07. The van der Waals surface area contributed by atoms with E-state index in [4.69, 9.17) is 4.84 Å². The van der Waals surface area contributed by atoms with Crippen molar-refractivity contribution in [1.29, 1.82) is 0 Å². The highest BCUT2D eigenvalue weighted by Crippen LogP contribution is 2.25. The zero-order chi connectivity index (χ0) is 18.1. The Kier molecular flexibility index (Phi) is 4.32. The van der Waals surface area contributed by atoms with Gasteiger partial charge in [-0.1, -0.05) is 35.2 Å². The fraction of sp³-hybridized carbons (Fsp3) is 0.350. The van der Waals surface area contributed by atoms with Crippen LogP contribution in [0.3, 0.4) is 0 Å². The molecule has 0 fully saturated rings. The lowest BCUT2D eigenvalue weighted by atomic mass is 10.1. The summed E-state index contributed by atoms with van der Waals surface area (Å²) in [5.41, 5.74) is 5.09. The Morgan fingerprint density at radius 3 is 2.65 bits per heavy atom. The van der Waals surface area contributed by atoms with Gasteiger partial charge in [0.25, 0.3) is 0 Å². The minimum Gasteiger partial charge on any atom is -0.389 e. The molecule has 0 aliphatic heterocycles. The molecule has 0 bridgehead atoms. The van der Waals surface area contributed by atoms with Crippen LogP contribution in [0.2, 0.25) is 0 Å². The first-order valence-corrected chi connectivity index (χ1v) is 8.98. The van der Waals surface area contributed by atoms with Crippen molar-refractivity contribution in [2.75, 3.05) is 25.6 Å². The second-order valence-corrected chi connectivity index (χ2v) is 6.77.